The zero-order valence-corrected chi connectivity index (χ0v) is 19.2. The van der Waals surface area contributed by atoms with Crippen molar-refractivity contribution < 1.29 is 9.90 Å². The Bertz CT molecular complexity index is 1390. The lowest BCUT2D eigenvalue weighted by Crippen LogP contribution is -2.33. The largest absolute Gasteiger partial charge is 0.508 e. The van der Waals surface area contributed by atoms with Crippen LogP contribution in [0.1, 0.15) is 43.4 Å². The highest BCUT2D eigenvalue weighted by atomic mass is 32.1. The summed E-state index contributed by atoms with van der Waals surface area (Å²) in [5.41, 5.74) is 5.02. The number of amides is 1. The van der Waals surface area contributed by atoms with Gasteiger partial charge in [-0.1, -0.05) is 25.1 Å². The maximum absolute atomic E-state index is 13.6. The molecule has 5 rings (SSSR count). The van der Waals surface area contributed by atoms with Gasteiger partial charge < -0.3 is 10.4 Å². The Kier molecular flexibility index (Phi) is 5.72. The SMILES string of the molecule is CCC(C(=O)Nc1ccc(O)cc1)n1cnc2scc(-c3ccc4c(c3)CCCC4)c2c1=O. The molecule has 0 saturated heterocycles. The van der Waals surface area contributed by atoms with E-state index in [0.717, 1.165) is 24.0 Å². The second-order valence-corrected chi connectivity index (χ2v) is 9.30. The van der Waals surface area contributed by atoms with Crippen molar-refractivity contribution in [3.05, 3.63) is 75.7 Å². The zero-order chi connectivity index (χ0) is 22.9. The summed E-state index contributed by atoms with van der Waals surface area (Å²) in [4.78, 5) is 31.8. The van der Waals surface area contributed by atoms with Gasteiger partial charge >= 0.3 is 0 Å². The molecule has 1 aliphatic carbocycles. The first-order chi connectivity index (χ1) is 16.0. The first kappa shape index (κ1) is 21.4. The monoisotopic (exact) mass is 459 g/mol. The van der Waals surface area contributed by atoms with E-state index in [0.29, 0.717) is 22.3 Å². The molecule has 0 aliphatic heterocycles. The summed E-state index contributed by atoms with van der Waals surface area (Å²) in [7, 11) is 0. The third-order valence-corrected chi connectivity index (χ3v) is 7.23. The summed E-state index contributed by atoms with van der Waals surface area (Å²) < 4.78 is 1.44. The van der Waals surface area contributed by atoms with Crippen LogP contribution in [0.2, 0.25) is 0 Å². The Balaban J connectivity index is 1.53. The molecular weight excluding hydrogens is 434 g/mol. The molecule has 0 saturated carbocycles. The molecule has 2 aromatic heterocycles. The lowest BCUT2D eigenvalue weighted by molar-refractivity contribution is -0.119. The third-order valence-electron chi connectivity index (χ3n) is 6.34. The average Bonchev–Trinajstić information content (AvgIpc) is 3.27. The molecule has 168 valence electrons. The van der Waals surface area contributed by atoms with Crippen molar-refractivity contribution in [3.63, 3.8) is 0 Å². The molecule has 2 heterocycles. The summed E-state index contributed by atoms with van der Waals surface area (Å²) in [6, 6.07) is 12.0. The fraction of sp³-hybridized carbons (Fsp3) is 0.269. The highest BCUT2D eigenvalue weighted by Crippen LogP contribution is 2.34. The number of aromatic nitrogens is 2. The molecule has 0 spiro atoms. The molecule has 2 N–H and O–H groups in total. The Morgan fingerprint density at radius 1 is 1.15 bits per heavy atom. The number of hydrogen-bond acceptors (Lipinski definition) is 5. The van der Waals surface area contributed by atoms with Crippen molar-refractivity contribution in [3.8, 4) is 16.9 Å². The van der Waals surface area contributed by atoms with E-state index in [2.05, 4.69) is 28.5 Å². The lowest BCUT2D eigenvalue weighted by Gasteiger charge is -2.18. The third kappa shape index (κ3) is 4.04. The number of benzene rings is 2. The summed E-state index contributed by atoms with van der Waals surface area (Å²) in [6.07, 6.45) is 6.53. The molecular formula is C26H25N3O3S. The van der Waals surface area contributed by atoms with E-state index in [-0.39, 0.29) is 17.2 Å². The molecule has 0 bridgehead atoms. The highest BCUT2D eigenvalue weighted by molar-refractivity contribution is 7.17. The normalized spacial score (nSPS) is 14.1. The van der Waals surface area contributed by atoms with Crippen molar-refractivity contribution in [1.82, 2.24) is 9.55 Å². The number of carbonyl (C=O) groups is 1. The topological polar surface area (TPSA) is 84.2 Å². The first-order valence-corrected chi connectivity index (χ1v) is 12.1. The van der Waals surface area contributed by atoms with Gasteiger partial charge in [0.15, 0.2) is 0 Å². The molecule has 2 aromatic carbocycles. The van der Waals surface area contributed by atoms with Crippen molar-refractivity contribution in [2.45, 2.75) is 45.1 Å². The quantitative estimate of drug-likeness (QED) is 0.397. The zero-order valence-electron chi connectivity index (χ0n) is 18.4. The number of carbonyl (C=O) groups excluding carboxylic acids is 1. The maximum Gasteiger partial charge on any atom is 0.263 e. The van der Waals surface area contributed by atoms with Gasteiger partial charge in [-0.15, -0.1) is 11.3 Å². The van der Waals surface area contributed by atoms with Gasteiger partial charge in [-0.25, -0.2) is 4.98 Å². The predicted octanol–water partition coefficient (Wildman–Crippen LogP) is 5.30. The van der Waals surface area contributed by atoms with Crippen molar-refractivity contribution >= 4 is 33.1 Å². The van der Waals surface area contributed by atoms with Crippen LogP contribution in [0.5, 0.6) is 5.75 Å². The number of phenolic OH excluding ortho intramolecular Hbond substituents is 1. The minimum Gasteiger partial charge on any atom is -0.508 e. The fourth-order valence-electron chi connectivity index (χ4n) is 4.56. The number of nitrogens with zero attached hydrogens (tertiary/aromatic N) is 2. The minimum absolute atomic E-state index is 0.123. The molecule has 1 atom stereocenters. The van der Waals surface area contributed by atoms with E-state index in [9.17, 15) is 14.7 Å². The van der Waals surface area contributed by atoms with Crippen LogP contribution in [0, 0.1) is 0 Å². The van der Waals surface area contributed by atoms with Crippen LogP contribution < -0.4 is 10.9 Å². The Morgan fingerprint density at radius 2 is 1.91 bits per heavy atom. The Hall–Kier alpha value is -3.45. The number of rotatable bonds is 5. The van der Waals surface area contributed by atoms with Crippen molar-refractivity contribution in [1.29, 1.82) is 0 Å². The number of aromatic hydroxyl groups is 1. The molecule has 0 radical (unpaired) electrons. The number of hydrogen-bond donors (Lipinski definition) is 2. The molecule has 1 unspecified atom stereocenters. The number of aryl methyl sites for hydroxylation is 2. The first-order valence-electron chi connectivity index (χ1n) is 11.3. The van der Waals surface area contributed by atoms with E-state index >= 15 is 0 Å². The minimum atomic E-state index is -0.695. The van der Waals surface area contributed by atoms with Gasteiger partial charge in [0, 0.05) is 16.6 Å². The van der Waals surface area contributed by atoms with Crippen LogP contribution in [0.25, 0.3) is 21.3 Å². The van der Waals surface area contributed by atoms with Gasteiger partial charge in [-0.05, 0) is 73.1 Å². The van der Waals surface area contributed by atoms with Crippen LogP contribution in [-0.2, 0) is 17.6 Å². The second-order valence-electron chi connectivity index (χ2n) is 8.44. The van der Waals surface area contributed by atoms with E-state index in [1.54, 1.807) is 12.1 Å². The van der Waals surface area contributed by atoms with Crippen LogP contribution in [0.3, 0.4) is 0 Å². The molecule has 1 amide bonds. The maximum atomic E-state index is 13.6. The van der Waals surface area contributed by atoms with Gasteiger partial charge in [0.25, 0.3) is 5.56 Å². The van der Waals surface area contributed by atoms with E-state index in [1.165, 1.54) is 58.3 Å². The van der Waals surface area contributed by atoms with Gasteiger partial charge in [0.2, 0.25) is 5.91 Å². The predicted molar refractivity (Wildman–Crippen MR) is 132 cm³/mol. The number of nitrogens with one attached hydrogen (secondary N) is 1. The molecule has 7 heteroatoms. The Morgan fingerprint density at radius 3 is 2.67 bits per heavy atom. The van der Waals surface area contributed by atoms with E-state index < -0.39 is 6.04 Å². The summed E-state index contributed by atoms with van der Waals surface area (Å²) in [5.74, 6) is -0.171. The van der Waals surface area contributed by atoms with Gasteiger partial charge in [0.1, 0.15) is 16.6 Å². The van der Waals surface area contributed by atoms with Crippen LogP contribution in [0.4, 0.5) is 5.69 Å². The average molecular weight is 460 g/mol. The number of anilines is 1. The lowest BCUT2D eigenvalue weighted by atomic mass is 9.89. The van der Waals surface area contributed by atoms with Gasteiger partial charge in [0.05, 0.1) is 11.7 Å². The van der Waals surface area contributed by atoms with E-state index in [1.807, 2.05) is 12.3 Å². The molecule has 0 fully saturated rings. The standard InChI is InChI=1S/C26H25N3O3S/c1-2-22(24(31)28-19-9-11-20(30)12-10-19)29-15-27-25-23(26(29)32)21(14-33-25)18-8-7-16-5-3-4-6-17(16)13-18/h7-15,22,30H,2-6H2,1H3,(H,28,31). The molecule has 33 heavy (non-hydrogen) atoms. The van der Waals surface area contributed by atoms with E-state index in [4.69, 9.17) is 0 Å². The molecule has 1 aliphatic rings. The van der Waals surface area contributed by atoms with Crippen LogP contribution in [0.15, 0.2) is 59.0 Å². The summed E-state index contributed by atoms with van der Waals surface area (Å²) >= 11 is 1.45. The molecule has 4 aromatic rings. The fourth-order valence-corrected chi connectivity index (χ4v) is 5.47. The van der Waals surface area contributed by atoms with Crippen molar-refractivity contribution in [2.75, 3.05) is 5.32 Å². The summed E-state index contributed by atoms with van der Waals surface area (Å²) in [5, 5.41) is 14.8. The smallest absolute Gasteiger partial charge is 0.263 e. The van der Waals surface area contributed by atoms with Gasteiger partial charge in [-0.2, -0.15) is 0 Å². The number of phenols is 1. The Labute approximate surface area is 195 Å². The number of fused-ring (bicyclic) bond motifs is 2. The second kappa shape index (κ2) is 8.83. The molecule has 6 nitrogen and oxygen atoms in total. The van der Waals surface area contributed by atoms with Gasteiger partial charge in [-0.3, -0.25) is 14.2 Å². The highest BCUT2D eigenvalue weighted by Gasteiger charge is 2.23. The number of thiophene rings is 1. The summed E-state index contributed by atoms with van der Waals surface area (Å²) in [6.45, 7) is 1.87. The van der Waals surface area contributed by atoms with Crippen LogP contribution in [-0.4, -0.2) is 20.6 Å². The van der Waals surface area contributed by atoms with Crippen LogP contribution >= 0.6 is 11.3 Å². The van der Waals surface area contributed by atoms with Crippen molar-refractivity contribution in [2.24, 2.45) is 0 Å².